The third kappa shape index (κ3) is 3.53. The van der Waals surface area contributed by atoms with Crippen LogP contribution in [0.5, 0.6) is 0 Å². The molecule has 18 heavy (non-hydrogen) atoms. The Balaban J connectivity index is 1.98. The van der Waals surface area contributed by atoms with E-state index in [0.717, 1.165) is 37.2 Å². The number of hydrogen-bond acceptors (Lipinski definition) is 2. The van der Waals surface area contributed by atoms with Gasteiger partial charge in [0.1, 0.15) is 5.82 Å². The average molecular weight is 251 g/mol. The topological polar surface area (TPSA) is 23.5 Å². The Hall–Kier alpha value is -0.930. The normalized spacial score (nSPS) is 21.2. The third-order valence-electron chi connectivity index (χ3n) is 3.85. The number of aryl methyl sites for hydroxylation is 1. The van der Waals surface area contributed by atoms with Gasteiger partial charge in [-0.25, -0.2) is 4.39 Å². The van der Waals surface area contributed by atoms with E-state index in [4.69, 9.17) is 5.11 Å². The van der Waals surface area contributed by atoms with Crippen molar-refractivity contribution in [2.45, 2.75) is 32.7 Å². The molecule has 1 atom stereocenters. The molecule has 0 spiro atoms. The van der Waals surface area contributed by atoms with Crippen molar-refractivity contribution in [2.75, 3.05) is 19.7 Å². The number of benzene rings is 1. The number of nitrogens with zero attached hydrogens (tertiary/aromatic N) is 1. The molecule has 2 rings (SSSR count). The van der Waals surface area contributed by atoms with Gasteiger partial charge in [0.05, 0.1) is 0 Å². The molecule has 1 fully saturated rings. The lowest BCUT2D eigenvalue weighted by atomic mass is 9.94. The van der Waals surface area contributed by atoms with Gasteiger partial charge in [-0.1, -0.05) is 6.07 Å². The van der Waals surface area contributed by atoms with E-state index >= 15 is 0 Å². The number of aliphatic hydroxyl groups excluding tert-OH is 1. The summed E-state index contributed by atoms with van der Waals surface area (Å²) >= 11 is 0. The van der Waals surface area contributed by atoms with Gasteiger partial charge in [-0.2, -0.15) is 0 Å². The van der Waals surface area contributed by atoms with Gasteiger partial charge in [-0.15, -0.1) is 0 Å². The van der Waals surface area contributed by atoms with E-state index in [0.29, 0.717) is 5.92 Å². The molecule has 2 nitrogen and oxygen atoms in total. The fourth-order valence-electron chi connectivity index (χ4n) is 2.76. The minimum absolute atomic E-state index is 0.153. The van der Waals surface area contributed by atoms with Gasteiger partial charge in [0.2, 0.25) is 0 Å². The van der Waals surface area contributed by atoms with E-state index < -0.39 is 0 Å². The first-order chi connectivity index (χ1) is 8.69. The van der Waals surface area contributed by atoms with Crippen LogP contribution in [0.1, 0.15) is 30.4 Å². The molecule has 0 bridgehead atoms. The predicted octanol–water partition coefficient (Wildman–Crippen LogP) is 2.73. The highest BCUT2D eigenvalue weighted by atomic mass is 19.1. The number of piperidine rings is 1. The van der Waals surface area contributed by atoms with Gasteiger partial charge >= 0.3 is 0 Å². The first kappa shape index (κ1) is 13.5. The largest absolute Gasteiger partial charge is 0.396 e. The van der Waals surface area contributed by atoms with E-state index in [1.165, 1.54) is 18.9 Å². The summed E-state index contributed by atoms with van der Waals surface area (Å²) in [7, 11) is 0. The maximum absolute atomic E-state index is 13.2. The van der Waals surface area contributed by atoms with Crippen LogP contribution >= 0.6 is 0 Å². The van der Waals surface area contributed by atoms with Crippen LogP contribution in [-0.2, 0) is 6.54 Å². The van der Waals surface area contributed by atoms with Gasteiger partial charge in [-0.05, 0) is 61.9 Å². The second-order valence-corrected chi connectivity index (χ2v) is 5.33. The Morgan fingerprint density at radius 3 is 3.06 bits per heavy atom. The van der Waals surface area contributed by atoms with Gasteiger partial charge in [-0.3, -0.25) is 4.90 Å². The highest BCUT2D eigenvalue weighted by Gasteiger charge is 2.19. The first-order valence-corrected chi connectivity index (χ1v) is 6.77. The molecule has 0 amide bonds. The van der Waals surface area contributed by atoms with Gasteiger partial charge < -0.3 is 5.11 Å². The number of rotatable bonds is 4. The molecule has 1 N–H and O–H groups in total. The Bertz CT molecular complexity index is 392. The lowest BCUT2D eigenvalue weighted by molar-refractivity contribution is 0.142. The van der Waals surface area contributed by atoms with Crippen LogP contribution < -0.4 is 0 Å². The van der Waals surface area contributed by atoms with E-state index in [-0.39, 0.29) is 12.4 Å². The standard InChI is InChI=1S/C15H22FNO/c1-12-4-5-15(16)9-14(12)11-17-7-2-3-13(10-17)6-8-18/h4-5,9,13,18H,2-3,6-8,10-11H2,1H3. The van der Waals surface area contributed by atoms with Crippen molar-refractivity contribution in [3.05, 3.63) is 35.1 Å². The lowest BCUT2D eigenvalue weighted by Crippen LogP contribution is -2.35. The summed E-state index contributed by atoms with van der Waals surface area (Å²) in [5.41, 5.74) is 2.24. The molecule has 1 aromatic carbocycles. The minimum atomic E-state index is -0.153. The minimum Gasteiger partial charge on any atom is -0.396 e. The predicted molar refractivity (Wildman–Crippen MR) is 70.8 cm³/mol. The molecule has 1 aliphatic rings. The average Bonchev–Trinajstić information content (AvgIpc) is 2.35. The third-order valence-corrected chi connectivity index (χ3v) is 3.85. The Morgan fingerprint density at radius 1 is 1.44 bits per heavy atom. The second-order valence-electron chi connectivity index (χ2n) is 5.33. The van der Waals surface area contributed by atoms with Crippen LogP contribution in [-0.4, -0.2) is 29.7 Å². The van der Waals surface area contributed by atoms with Crippen LogP contribution in [0.25, 0.3) is 0 Å². The maximum Gasteiger partial charge on any atom is 0.123 e. The molecule has 1 heterocycles. The van der Waals surface area contributed by atoms with Gasteiger partial charge in [0, 0.05) is 19.7 Å². The van der Waals surface area contributed by atoms with Crippen molar-refractivity contribution in [2.24, 2.45) is 5.92 Å². The van der Waals surface area contributed by atoms with Crippen LogP contribution in [0.15, 0.2) is 18.2 Å². The first-order valence-electron chi connectivity index (χ1n) is 6.77. The molecule has 3 heteroatoms. The Kier molecular flexibility index (Phi) is 4.72. The monoisotopic (exact) mass is 251 g/mol. The molecule has 1 aromatic rings. The van der Waals surface area contributed by atoms with Crippen LogP contribution in [0.2, 0.25) is 0 Å². The molecule has 0 aromatic heterocycles. The zero-order valence-electron chi connectivity index (χ0n) is 11.0. The molecule has 1 aliphatic heterocycles. The van der Waals surface area contributed by atoms with Crippen molar-refractivity contribution < 1.29 is 9.50 Å². The van der Waals surface area contributed by atoms with Crippen molar-refractivity contribution in [3.8, 4) is 0 Å². The zero-order chi connectivity index (χ0) is 13.0. The summed E-state index contributed by atoms with van der Waals surface area (Å²) in [6.07, 6.45) is 3.27. The molecular weight excluding hydrogens is 229 g/mol. The van der Waals surface area contributed by atoms with Crippen molar-refractivity contribution >= 4 is 0 Å². The van der Waals surface area contributed by atoms with Gasteiger partial charge in [0.15, 0.2) is 0 Å². The zero-order valence-corrected chi connectivity index (χ0v) is 11.0. The molecule has 0 aliphatic carbocycles. The fraction of sp³-hybridized carbons (Fsp3) is 0.600. The molecular formula is C15H22FNO. The molecule has 1 saturated heterocycles. The lowest BCUT2D eigenvalue weighted by Gasteiger charge is -2.32. The van der Waals surface area contributed by atoms with Gasteiger partial charge in [0.25, 0.3) is 0 Å². The number of halogens is 1. The highest BCUT2D eigenvalue weighted by molar-refractivity contribution is 5.26. The molecule has 100 valence electrons. The number of likely N-dealkylation sites (tertiary alicyclic amines) is 1. The smallest absolute Gasteiger partial charge is 0.123 e. The molecule has 0 saturated carbocycles. The van der Waals surface area contributed by atoms with Crippen molar-refractivity contribution in [1.29, 1.82) is 0 Å². The number of hydrogen-bond donors (Lipinski definition) is 1. The summed E-state index contributed by atoms with van der Waals surface area (Å²) in [5, 5.41) is 9.01. The number of aliphatic hydroxyl groups is 1. The van der Waals surface area contributed by atoms with Crippen LogP contribution in [0.3, 0.4) is 0 Å². The summed E-state index contributed by atoms with van der Waals surface area (Å²) in [5.74, 6) is 0.442. The summed E-state index contributed by atoms with van der Waals surface area (Å²) in [6, 6.07) is 5.01. The van der Waals surface area contributed by atoms with E-state index in [1.54, 1.807) is 6.07 Å². The highest BCUT2D eigenvalue weighted by Crippen LogP contribution is 2.22. The molecule has 1 unspecified atom stereocenters. The quantitative estimate of drug-likeness (QED) is 0.889. The second kappa shape index (κ2) is 6.30. The van der Waals surface area contributed by atoms with Crippen LogP contribution in [0.4, 0.5) is 4.39 Å². The summed E-state index contributed by atoms with van der Waals surface area (Å²) < 4.78 is 13.2. The van der Waals surface area contributed by atoms with E-state index in [1.807, 2.05) is 13.0 Å². The molecule has 0 radical (unpaired) electrons. The van der Waals surface area contributed by atoms with E-state index in [2.05, 4.69) is 4.90 Å². The Labute approximate surface area is 108 Å². The SMILES string of the molecule is Cc1ccc(F)cc1CN1CCCC(CCO)C1. The van der Waals surface area contributed by atoms with Crippen LogP contribution in [0, 0.1) is 18.7 Å². The maximum atomic E-state index is 13.2. The van der Waals surface area contributed by atoms with Crippen molar-refractivity contribution in [1.82, 2.24) is 4.90 Å². The summed E-state index contributed by atoms with van der Waals surface area (Å²) in [4.78, 5) is 2.38. The van der Waals surface area contributed by atoms with Crippen molar-refractivity contribution in [3.63, 3.8) is 0 Å². The Morgan fingerprint density at radius 2 is 2.28 bits per heavy atom. The summed E-state index contributed by atoms with van der Waals surface area (Å²) in [6.45, 7) is 5.24. The van der Waals surface area contributed by atoms with E-state index in [9.17, 15) is 4.39 Å². The fourth-order valence-corrected chi connectivity index (χ4v) is 2.76.